The molecule has 1 fully saturated rings. The average molecular weight is 358 g/mol. The van der Waals surface area contributed by atoms with Crippen molar-refractivity contribution in [2.45, 2.75) is 13.0 Å². The minimum atomic E-state index is 0.0716. The summed E-state index contributed by atoms with van der Waals surface area (Å²) in [5.41, 5.74) is 0. The first-order chi connectivity index (χ1) is 12.8. The fourth-order valence-electron chi connectivity index (χ4n) is 2.90. The van der Waals surface area contributed by atoms with E-state index in [9.17, 15) is 4.79 Å². The summed E-state index contributed by atoms with van der Waals surface area (Å²) in [6.45, 7) is 5.68. The van der Waals surface area contributed by atoms with E-state index >= 15 is 0 Å². The molecule has 1 amide bonds. The monoisotopic (exact) mass is 358 g/mol. The predicted octanol–water partition coefficient (Wildman–Crippen LogP) is 1.52. The zero-order chi connectivity index (χ0) is 18.0. The first-order valence-corrected chi connectivity index (χ1v) is 9.06. The lowest BCUT2D eigenvalue weighted by Gasteiger charge is -2.34. The molecule has 7 nitrogen and oxygen atoms in total. The summed E-state index contributed by atoms with van der Waals surface area (Å²) in [4.78, 5) is 20.9. The molecule has 1 aliphatic rings. The summed E-state index contributed by atoms with van der Waals surface area (Å²) in [6, 6.07) is 9.67. The molecule has 0 bridgehead atoms. The number of hydrogen-bond acceptors (Lipinski definition) is 6. The van der Waals surface area contributed by atoms with E-state index in [1.165, 1.54) is 0 Å². The van der Waals surface area contributed by atoms with Crippen LogP contribution in [-0.4, -0.2) is 61.7 Å². The van der Waals surface area contributed by atoms with Crippen molar-refractivity contribution in [2.24, 2.45) is 0 Å². The zero-order valence-electron chi connectivity index (χ0n) is 15.0. The fraction of sp³-hybridized carbons (Fsp3) is 0.474. The first kappa shape index (κ1) is 18.4. The van der Waals surface area contributed by atoms with Gasteiger partial charge >= 0.3 is 0 Å². The van der Waals surface area contributed by atoms with Crippen molar-refractivity contribution in [1.82, 2.24) is 15.2 Å². The molecule has 140 valence electrons. The van der Waals surface area contributed by atoms with Crippen LogP contribution in [0.5, 0.6) is 0 Å². The number of anilines is 1. The molecule has 0 aliphatic carbocycles. The van der Waals surface area contributed by atoms with Crippen molar-refractivity contribution < 1.29 is 13.9 Å². The quantitative estimate of drug-likeness (QED) is 0.686. The average Bonchev–Trinajstić information content (AvgIpc) is 3.19. The van der Waals surface area contributed by atoms with Crippen molar-refractivity contribution in [3.63, 3.8) is 0 Å². The number of aromatic nitrogens is 1. The third kappa shape index (κ3) is 5.86. The van der Waals surface area contributed by atoms with Crippen molar-refractivity contribution in [2.75, 3.05) is 50.8 Å². The van der Waals surface area contributed by atoms with Crippen LogP contribution in [0.1, 0.15) is 12.2 Å². The van der Waals surface area contributed by atoms with Gasteiger partial charge in [0, 0.05) is 45.5 Å². The lowest BCUT2D eigenvalue weighted by Crippen LogP contribution is -2.49. The Morgan fingerprint density at radius 3 is 2.81 bits per heavy atom. The van der Waals surface area contributed by atoms with Gasteiger partial charge in [0.2, 0.25) is 5.91 Å². The molecule has 3 rings (SSSR count). The second-order valence-corrected chi connectivity index (χ2v) is 6.29. The van der Waals surface area contributed by atoms with E-state index < -0.39 is 0 Å². The van der Waals surface area contributed by atoms with Crippen molar-refractivity contribution in [3.8, 4) is 0 Å². The van der Waals surface area contributed by atoms with Gasteiger partial charge in [0.15, 0.2) is 0 Å². The molecular weight excluding hydrogens is 332 g/mol. The Morgan fingerprint density at radius 1 is 1.19 bits per heavy atom. The molecule has 1 aliphatic heterocycles. The van der Waals surface area contributed by atoms with Crippen molar-refractivity contribution in [3.05, 3.63) is 48.6 Å². The van der Waals surface area contributed by atoms with Gasteiger partial charge in [-0.1, -0.05) is 6.07 Å². The van der Waals surface area contributed by atoms with E-state index in [1.54, 1.807) is 6.26 Å². The third-order valence-corrected chi connectivity index (χ3v) is 4.32. The highest BCUT2D eigenvalue weighted by molar-refractivity contribution is 5.78. The predicted molar refractivity (Wildman–Crippen MR) is 98.9 cm³/mol. The zero-order valence-corrected chi connectivity index (χ0v) is 15.0. The molecule has 26 heavy (non-hydrogen) atoms. The number of carbonyl (C=O) groups excluding carboxylic acids is 1. The summed E-state index contributed by atoms with van der Waals surface area (Å²) >= 11 is 0. The van der Waals surface area contributed by atoms with Crippen LogP contribution in [-0.2, 0) is 16.1 Å². The van der Waals surface area contributed by atoms with Crippen LogP contribution in [0.3, 0.4) is 0 Å². The van der Waals surface area contributed by atoms with Gasteiger partial charge in [-0.3, -0.25) is 9.69 Å². The number of nitrogens with one attached hydrogen (secondary N) is 1. The van der Waals surface area contributed by atoms with Gasteiger partial charge in [-0.05, 0) is 30.7 Å². The Labute approximate surface area is 153 Å². The van der Waals surface area contributed by atoms with Gasteiger partial charge in [-0.25, -0.2) is 4.98 Å². The summed E-state index contributed by atoms with van der Waals surface area (Å²) < 4.78 is 10.7. The lowest BCUT2D eigenvalue weighted by molar-refractivity contribution is -0.122. The van der Waals surface area contributed by atoms with Crippen LogP contribution in [0.4, 0.5) is 5.82 Å². The van der Waals surface area contributed by atoms with Crippen molar-refractivity contribution in [1.29, 1.82) is 0 Å². The second-order valence-electron chi connectivity index (χ2n) is 6.29. The van der Waals surface area contributed by atoms with E-state index in [0.29, 0.717) is 26.3 Å². The number of ether oxygens (including phenoxy) is 1. The highest BCUT2D eigenvalue weighted by Crippen LogP contribution is 2.12. The summed E-state index contributed by atoms with van der Waals surface area (Å²) in [5, 5.41) is 2.96. The van der Waals surface area contributed by atoms with Crippen LogP contribution in [0.2, 0.25) is 0 Å². The maximum Gasteiger partial charge on any atom is 0.234 e. The minimum Gasteiger partial charge on any atom is -0.467 e. The minimum absolute atomic E-state index is 0.0716. The van der Waals surface area contributed by atoms with Crippen molar-refractivity contribution >= 4 is 11.7 Å². The summed E-state index contributed by atoms with van der Waals surface area (Å²) in [7, 11) is 0. The number of furan rings is 1. The van der Waals surface area contributed by atoms with Crippen LogP contribution >= 0.6 is 0 Å². The molecule has 1 N–H and O–H groups in total. The second kappa shape index (κ2) is 9.94. The Hall–Kier alpha value is -2.38. The van der Waals surface area contributed by atoms with Crippen LogP contribution in [0.15, 0.2) is 47.2 Å². The molecule has 1 saturated heterocycles. The van der Waals surface area contributed by atoms with E-state index in [1.807, 2.05) is 36.5 Å². The largest absolute Gasteiger partial charge is 0.467 e. The summed E-state index contributed by atoms with van der Waals surface area (Å²) in [5.74, 6) is 1.90. The number of nitrogens with zero attached hydrogens (tertiary/aromatic N) is 3. The van der Waals surface area contributed by atoms with Crippen LogP contribution in [0, 0.1) is 0 Å². The topological polar surface area (TPSA) is 70.8 Å². The Balaban J connectivity index is 1.24. The van der Waals surface area contributed by atoms with Gasteiger partial charge < -0.3 is 19.4 Å². The normalized spacial score (nSPS) is 15.2. The maximum atomic E-state index is 12.0. The molecule has 7 heteroatoms. The Bertz CT molecular complexity index is 640. The molecular formula is C19H26N4O3. The van der Waals surface area contributed by atoms with Crippen LogP contribution < -0.4 is 10.2 Å². The molecule has 0 unspecified atom stereocenters. The van der Waals surface area contributed by atoms with Gasteiger partial charge in [0.1, 0.15) is 18.2 Å². The SMILES string of the molecule is O=C(CN1CCN(c2ccccn2)CC1)NCCCOCc1ccco1. The number of hydrogen-bond donors (Lipinski definition) is 1. The van der Waals surface area contributed by atoms with E-state index in [0.717, 1.165) is 44.2 Å². The van der Waals surface area contributed by atoms with Gasteiger partial charge in [-0.2, -0.15) is 0 Å². The van der Waals surface area contributed by atoms with Gasteiger partial charge in [0.05, 0.1) is 12.8 Å². The number of amides is 1. The third-order valence-electron chi connectivity index (χ3n) is 4.32. The molecule has 0 atom stereocenters. The van der Waals surface area contributed by atoms with Gasteiger partial charge in [-0.15, -0.1) is 0 Å². The molecule has 0 saturated carbocycles. The standard InChI is InChI=1S/C19H26N4O3/c24-19(21-8-4-13-25-16-17-5-3-14-26-17)15-22-9-11-23(12-10-22)18-6-1-2-7-20-18/h1-3,5-7,14H,4,8-13,15-16H2,(H,21,24). The molecule has 0 radical (unpaired) electrons. The van der Waals surface area contributed by atoms with Crippen LogP contribution in [0.25, 0.3) is 0 Å². The van der Waals surface area contributed by atoms with E-state index in [-0.39, 0.29) is 5.91 Å². The lowest BCUT2D eigenvalue weighted by atomic mass is 10.3. The smallest absolute Gasteiger partial charge is 0.234 e. The molecule has 3 heterocycles. The first-order valence-electron chi connectivity index (χ1n) is 9.06. The molecule has 0 aromatic carbocycles. The van der Waals surface area contributed by atoms with Gasteiger partial charge in [0.25, 0.3) is 0 Å². The fourth-order valence-corrected chi connectivity index (χ4v) is 2.90. The molecule has 2 aromatic heterocycles. The number of carbonyl (C=O) groups is 1. The number of pyridine rings is 1. The molecule has 0 spiro atoms. The summed E-state index contributed by atoms with van der Waals surface area (Å²) in [6.07, 6.45) is 4.24. The highest BCUT2D eigenvalue weighted by Gasteiger charge is 2.19. The van der Waals surface area contributed by atoms with E-state index in [2.05, 4.69) is 20.1 Å². The van der Waals surface area contributed by atoms with E-state index in [4.69, 9.17) is 9.15 Å². The maximum absolute atomic E-state index is 12.0. The number of piperazine rings is 1. The molecule has 2 aromatic rings. The Kier molecular flexibility index (Phi) is 7.04. The highest BCUT2D eigenvalue weighted by atomic mass is 16.5. The Morgan fingerprint density at radius 2 is 2.08 bits per heavy atom. The number of rotatable bonds is 9.